The van der Waals surface area contributed by atoms with Crippen molar-refractivity contribution in [2.45, 2.75) is 13.8 Å². The predicted octanol–water partition coefficient (Wildman–Crippen LogP) is 3.84. The Morgan fingerprint density at radius 1 is 1.09 bits per heavy atom. The molecule has 1 heterocycles. The van der Waals surface area contributed by atoms with Crippen molar-refractivity contribution in [2.75, 3.05) is 12.1 Å². The molecular formula is C18H17NO3. The van der Waals surface area contributed by atoms with Gasteiger partial charge < -0.3 is 14.8 Å². The number of ether oxygens (including phenoxy) is 2. The van der Waals surface area contributed by atoms with Crippen LogP contribution in [0.25, 0.3) is 0 Å². The fourth-order valence-corrected chi connectivity index (χ4v) is 2.24. The molecule has 112 valence electrons. The second kappa shape index (κ2) is 5.93. The number of rotatable bonds is 4. The number of ketones is 1. The van der Waals surface area contributed by atoms with Crippen molar-refractivity contribution in [2.24, 2.45) is 0 Å². The molecule has 0 saturated carbocycles. The van der Waals surface area contributed by atoms with Crippen LogP contribution in [-0.4, -0.2) is 12.6 Å². The van der Waals surface area contributed by atoms with Crippen LogP contribution in [0.15, 0.2) is 48.7 Å². The van der Waals surface area contributed by atoms with Gasteiger partial charge in [0.25, 0.3) is 0 Å². The van der Waals surface area contributed by atoms with Gasteiger partial charge in [0.2, 0.25) is 6.79 Å². The molecule has 4 nitrogen and oxygen atoms in total. The first-order chi connectivity index (χ1) is 10.6. The van der Waals surface area contributed by atoms with Crippen molar-refractivity contribution in [3.8, 4) is 11.5 Å². The van der Waals surface area contributed by atoms with E-state index in [0.29, 0.717) is 17.1 Å². The number of nitrogens with one attached hydrogen (secondary N) is 1. The molecule has 1 aliphatic rings. The van der Waals surface area contributed by atoms with Crippen LogP contribution in [0.4, 0.5) is 5.69 Å². The van der Waals surface area contributed by atoms with Gasteiger partial charge in [-0.15, -0.1) is 0 Å². The molecule has 0 radical (unpaired) electrons. The van der Waals surface area contributed by atoms with Crippen LogP contribution in [0.5, 0.6) is 11.5 Å². The third kappa shape index (κ3) is 2.96. The summed E-state index contributed by atoms with van der Waals surface area (Å²) in [5.41, 5.74) is 3.87. The van der Waals surface area contributed by atoms with Crippen LogP contribution in [0.2, 0.25) is 0 Å². The molecule has 0 aromatic heterocycles. The highest BCUT2D eigenvalue weighted by Crippen LogP contribution is 2.32. The molecule has 2 aromatic rings. The SMILES string of the molecule is Cc1ccc(C)c(NC=CC(=O)c2ccc3c(c2)OCO3)c1. The molecule has 0 aliphatic carbocycles. The van der Waals surface area contributed by atoms with E-state index >= 15 is 0 Å². The van der Waals surface area contributed by atoms with Gasteiger partial charge in [-0.3, -0.25) is 4.79 Å². The van der Waals surface area contributed by atoms with Crippen LogP contribution in [-0.2, 0) is 0 Å². The van der Waals surface area contributed by atoms with E-state index in [-0.39, 0.29) is 12.6 Å². The second-order valence-electron chi connectivity index (χ2n) is 5.23. The van der Waals surface area contributed by atoms with Crippen LogP contribution in [0, 0.1) is 13.8 Å². The molecule has 0 fully saturated rings. The normalized spacial score (nSPS) is 12.6. The van der Waals surface area contributed by atoms with Crippen LogP contribution < -0.4 is 14.8 Å². The Bertz CT molecular complexity index is 750. The van der Waals surface area contributed by atoms with Gasteiger partial charge in [-0.25, -0.2) is 0 Å². The molecule has 0 saturated heterocycles. The molecule has 0 bridgehead atoms. The number of carbonyl (C=O) groups is 1. The zero-order chi connectivity index (χ0) is 15.5. The van der Waals surface area contributed by atoms with E-state index in [4.69, 9.17) is 9.47 Å². The summed E-state index contributed by atoms with van der Waals surface area (Å²) in [5, 5.41) is 3.15. The zero-order valence-corrected chi connectivity index (χ0v) is 12.6. The quantitative estimate of drug-likeness (QED) is 0.687. The summed E-state index contributed by atoms with van der Waals surface area (Å²) in [6.45, 7) is 4.26. The minimum Gasteiger partial charge on any atom is -0.454 e. The number of benzene rings is 2. The lowest BCUT2D eigenvalue weighted by Crippen LogP contribution is -1.97. The van der Waals surface area contributed by atoms with Crippen LogP contribution >= 0.6 is 0 Å². The lowest BCUT2D eigenvalue weighted by Gasteiger charge is -2.06. The number of allylic oxidation sites excluding steroid dienone is 1. The van der Waals surface area contributed by atoms with Crippen molar-refractivity contribution < 1.29 is 14.3 Å². The van der Waals surface area contributed by atoms with Gasteiger partial charge in [0.15, 0.2) is 17.3 Å². The first kappa shape index (κ1) is 14.2. The largest absolute Gasteiger partial charge is 0.454 e. The standard InChI is InChI=1S/C18H17NO3/c1-12-3-4-13(2)15(9-12)19-8-7-16(20)14-5-6-17-18(10-14)22-11-21-17/h3-10,19H,11H2,1-2H3. The van der Waals surface area contributed by atoms with Gasteiger partial charge in [0, 0.05) is 23.5 Å². The molecule has 4 heteroatoms. The molecular weight excluding hydrogens is 278 g/mol. The number of anilines is 1. The first-order valence-corrected chi connectivity index (χ1v) is 7.08. The Balaban J connectivity index is 1.70. The Morgan fingerprint density at radius 3 is 2.77 bits per heavy atom. The first-order valence-electron chi connectivity index (χ1n) is 7.08. The van der Waals surface area contributed by atoms with Gasteiger partial charge in [-0.1, -0.05) is 12.1 Å². The highest BCUT2D eigenvalue weighted by atomic mass is 16.7. The van der Waals surface area contributed by atoms with E-state index < -0.39 is 0 Å². The minimum atomic E-state index is -0.0869. The maximum absolute atomic E-state index is 12.2. The Hall–Kier alpha value is -2.75. The summed E-state index contributed by atoms with van der Waals surface area (Å²) in [7, 11) is 0. The Kier molecular flexibility index (Phi) is 3.83. The molecule has 1 aliphatic heterocycles. The van der Waals surface area contributed by atoms with Crippen molar-refractivity contribution >= 4 is 11.5 Å². The van der Waals surface area contributed by atoms with Gasteiger partial charge in [-0.2, -0.15) is 0 Å². The average molecular weight is 295 g/mol. The van der Waals surface area contributed by atoms with Crippen LogP contribution in [0.3, 0.4) is 0 Å². The van der Waals surface area contributed by atoms with E-state index in [1.165, 1.54) is 11.6 Å². The monoisotopic (exact) mass is 295 g/mol. The van der Waals surface area contributed by atoms with Crippen LogP contribution in [0.1, 0.15) is 21.5 Å². The highest BCUT2D eigenvalue weighted by molar-refractivity contribution is 6.05. The number of hydrogen-bond donors (Lipinski definition) is 1. The van der Waals surface area contributed by atoms with Crippen molar-refractivity contribution in [1.29, 1.82) is 0 Å². The topological polar surface area (TPSA) is 47.6 Å². The lowest BCUT2D eigenvalue weighted by atomic mass is 10.1. The maximum Gasteiger partial charge on any atom is 0.231 e. The number of fused-ring (bicyclic) bond motifs is 1. The molecule has 0 spiro atoms. The molecule has 0 atom stereocenters. The molecule has 22 heavy (non-hydrogen) atoms. The van der Waals surface area contributed by atoms with Gasteiger partial charge in [0.05, 0.1) is 0 Å². The highest BCUT2D eigenvalue weighted by Gasteiger charge is 2.14. The molecule has 2 aromatic carbocycles. The second-order valence-corrected chi connectivity index (χ2v) is 5.23. The van der Waals surface area contributed by atoms with Crippen molar-refractivity contribution in [1.82, 2.24) is 0 Å². The third-order valence-corrected chi connectivity index (χ3v) is 3.52. The smallest absolute Gasteiger partial charge is 0.231 e. The fraction of sp³-hybridized carbons (Fsp3) is 0.167. The molecule has 0 amide bonds. The van der Waals surface area contributed by atoms with Crippen molar-refractivity contribution in [3.63, 3.8) is 0 Å². The number of hydrogen-bond acceptors (Lipinski definition) is 4. The summed E-state index contributed by atoms with van der Waals surface area (Å²) in [6.07, 6.45) is 3.17. The van der Waals surface area contributed by atoms with Gasteiger partial charge in [-0.05, 0) is 49.2 Å². The summed E-state index contributed by atoms with van der Waals surface area (Å²) in [4.78, 5) is 12.2. The maximum atomic E-state index is 12.2. The average Bonchev–Trinajstić information content (AvgIpc) is 2.98. The fourth-order valence-electron chi connectivity index (χ4n) is 2.24. The van der Waals surface area contributed by atoms with E-state index in [0.717, 1.165) is 11.3 Å². The Labute approximate surface area is 129 Å². The zero-order valence-electron chi connectivity index (χ0n) is 12.6. The van der Waals surface area contributed by atoms with Crippen molar-refractivity contribution in [3.05, 3.63) is 65.4 Å². The summed E-state index contributed by atoms with van der Waals surface area (Å²) in [5.74, 6) is 1.20. The summed E-state index contributed by atoms with van der Waals surface area (Å²) in [6, 6.07) is 11.3. The number of aryl methyl sites for hydroxylation is 2. The van der Waals surface area contributed by atoms with E-state index in [2.05, 4.69) is 11.4 Å². The lowest BCUT2D eigenvalue weighted by molar-refractivity contribution is 0.104. The summed E-state index contributed by atoms with van der Waals surface area (Å²) >= 11 is 0. The predicted molar refractivity (Wildman–Crippen MR) is 85.6 cm³/mol. The minimum absolute atomic E-state index is 0.0869. The molecule has 3 rings (SSSR count). The van der Waals surface area contributed by atoms with E-state index in [1.54, 1.807) is 24.4 Å². The van der Waals surface area contributed by atoms with E-state index in [9.17, 15) is 4.79 Å². The number of carbonyl (C=O) groups excluding carboxylic acids is 1. The van der Waals surface area contributed by atoms with E-state index in [1.807, 2.05) is 26.0 Å². The molecule has 1 N–H and O–H groups in total. The molecule has 0 unspecified atom stereocenters. The Morgan fingerprint density at radius 2 is 1.91 bits per heavy atom. The van der Waals surface area contributed by atoms with Gasteiger partial charge in [0.1, 0.15) is 0 Å². The third-order valence-electron chi connectivity index (χ3n) is 3.52. The summed E-state index contributed by atoms with van der Waals surface area (Å²) < 4.78 is 10.5. The van der Waals surface area contributed by atoms with Gasteiger partial charge >= 0.3 is 0 Å².